The molecule has 3 heteroatoms. The normalized spacial score (nSPS) is 12.9. The van der Waals surface area contributed by atoms with Gasteiger partial charge in [-0.25, -0.2) is 0 Å². The van der Waals surface area contributed by atoms with Crippen LogP contribution in [0.25, 0.3) is 0 Å². The van der Waals surface area contributed by atoms with Crippen LogP contribution in [0.1, 0.15) is 51.7 Å². The molecule has 0 aromatic carbocycles. The maximum atomic E-state index is 5.43. The molecule has 0 aliphatic rings. The van der Waals surface area contributed by atoms with Crippen LogP contribution in [0.3, 0.4) is 0 Å². The fourth-order valence-electron chi connectivity index (χ4n) is 1.70. The third-order valence-corrected chi connectivity index (χ3v) is 3.17. The molecule has 1 N–H and O–H groups in total. The van der Waals surface area contributed by atoms with Crippen LogP contribution in [0.5, 0.6) is 0 Å². The van der Waals surface area contributed by atoms with Crippen molar-refractivity contribution < 1.29 is 4.42 Å². The average molecular weight is 288 g/mol. The Labute approximate surface area is 107 Å². The first-order chi connectivity index (χ1) is 7.72. The van der Waals surface area contributed by atoms with Crippen molar-refractivity contribution in [3.63, 3.8) is 0 Å². The van der Waals surface area contributed by atoms with E-state index in [9.17, 15) is 0 Å². The van der Waals surface area contributed by atoms with Crippen LogP contribution in [0.15, 0.2) is 21.2 Å². The minimum atomic E-state index is 0.570. The van der Waals surface area contributed by atoms with Gasteiger partial charge in [0, 0.05) is 6.04 Å². The number of hydrogen-bond acceptors (Lipinski definition) is 2. The summed E-state index contributed by atoms with van der Waals surface area (Å²) in [6, 6.07) is 4.50. The minimum absolute atomic E-state index is 0.570. The molecule has 1 aromatic heterocycles. The van der Waals surface area contributed by atoms with Crippen molar-refractivity contribution in [1.29, 1.82) is 0 Å². The van der Waals surface area contributed by atoms with Crippen molar-refractivity contribution in [1.82, 2.24) is 5.32 Å². The van der Waals surface area contributed by atoms with Gasteiger partial charge in [0.25, 0.3) is 0 Å². The van der Waals surface area contributed by atoms with Crippen LogP contribution >= 0.6 is 15.9 Å². The third kappa shape index (κ3) is 5.71. The molecule has 0 radical (unpaired) electrons. The summed E-state index contributed by atoms with van der Waals surface area (Å²) in [6.07, 6.45) is 6.60. The topological polar surface area (TPSA) is 25.2 Å². The van der Waals surface area contributed by atoms with Crippen LogP contribution < -0.4 is 5.32 Å². The third-order valence-electron chi connectivity index (χ3n) is 2.74. The highest BCUT2D eigenvalue weighted by molar-refractivity contribution is 9.10. The van der Waals surface area contributed by atoms with Crippen LogP contribution in [-0.2, 0) is 6.54 Å². The molecule has 2 nitrogen and oxygen atoms in total. The van der Waals surface area contributed by atoms with E-state index in [0.717, 1.165) is 17.0 Å². The Balaban J connectivity index is 2.08. The summed E-state index contributed by atoms with van der Waals surface area (Å²) >= 11 is 3.30. The Bertz CT molecular complexity index is 285. The second-order valence-electron chi connectivity index (χ2n) is 4.34. The van der Waals surface area contributed by atoms with Crippen molar-refractivity contribution in [3.8, 4) is 0 Å². The maximum absolute atomic E-state index is 5.43. The average Bonchev–Trinajstić information content (AvgIpc) is 2.68. The lowest BCUT2D eigenvalue weighted by atomic mass is 10.1. The van der Waals surface area contributed by atoms with Crippen molar-refractivity contribution in [2.24, 2.45) is 0 Å². The molecule has 0 amide bonds. The Morgan fingerprint density at radius 3 is 2.75 bits per heavy atom. The highest BCUT2D eigenvalue weighted by Gasteiger charge is 2.03. The first kappa shape index (κ1) is 13.8. The summed E-state index contributed by atoms with van der Waals surface area (Å²) in [4.78, 5) is 0. The Morgan fingerprint density at radius 1 is 1.31 bits per heavy atom. The van der Waals surface area contributed by atoms with Gasteiger partial charge in [0.15, 0.2) is 4.67 Å². The van der Waals surface area contributed by atoms with Gasteiger partial charge >= 0.3 is 0 Å². The number of unbranched alkanes of at least 4 members (excludes halogenated alkanes) is 3. The van der Waals surface area contributed by atoms with Crippen molar-refractivity contribution in [3.05, 3.63) is 22.6 Å². The molecule has 0 bridgehead atoms. The van der Waals surface area contributed by atoms with E-state index in [-0.39, 0.29) is 0 Å². The lowest BCUT2D eigenvalue weighted by Crippen LogP contribution is -2.25. The van der Waals surface area contributed by atoms with Gasteiger partial charge in [-0.15, -0.1) is 0 Å². The van der Waals surface area contributed by atoms with Crippen LogP contribution in [0.4, 0.5) is 0 Å². The Morgan fingerprint density at radius 2 is 2.12 bits per heavy atom. The summed E-state index contributed by atoms with van der Waals surface area (Å²) in [5.41, 5.74) is 0. The second-order valence-corrected chi connectivity index (χ2v) is 5.12. The van der Waals surface area contributed by atoms with Gasteiger partial charge in [0.05, 0.1) is 6.54 Å². The van der Waals surface area contributed by atoms with Crippen LogP contribution in [0.2, 0.25) is 0 Å². The smallest absolute Gasteiger partial charge is 0.169 e. The highest BCUT2D eigenvalue weighted by Crippen LogP contribution is 2.14. The van der Waals surface area contributed by atoms with Gasteiger partial charge in [-0.2, -0.15) is 0 Å². The van der Waals surface area contributed by atoms with Crippen LogP contribution in [0, 0.1) is 0 Å². The predicted octanol–water partition coefficient (Wildman–Crippen LogP) is 4.49. The lowest BCUT2D eigenvalue weighted by molar-refractivity contribution is 0.424. The molecule has 0 aliphatic heterocycles. The number of nitrogens with one attached hydrogen (secondary N) is 1. The van der Waals surface area contributed by atoms with E-state index in [2.05, 4.69) is 35.1 Å². The Kier molecular flexibility index (Phi) is 6.81. The largest absolute Gasteiger partial charge is 0.453 e. The molecule has 1 aromatic rings. The molecular formula is C13H22BrNO. The molecule has 92 valence electrons. The number of halogens is 1. The van der Waals surface area contributed by atoms with E-state index < -0.39 is 0 Å². The van der Waals surface area contributed by atoms with Gasteiger partial charge in [-0.05, 0) is 41.4 Å². The van der Waals surface area contributed by atoms with Gasteiger partial charge in [-0.1, -0.05) is 32.6 Å². The molecule has 0 spiro atoms. The van der Waals surface area contributed by atoms with E-state index in [4.69, 9.17) is 4.42 Å². The molecule has 0 saturated carbocycles. The molecule has 1 heterocycles. The summed E-state index contributed by atoms with van der Waals surface area (Å²) in [5, 5.41) is 3.47. The number of rotatable bonds is 8. The number of furan rings is 1. The standard InChI is InChI=1S/C13H22BrNO/c1-3-4-5-6-7-11(2)15-10-12-8-9-13(14)16-12/h8-9,11,15H,3-7,10H2,1-2H3. The fraction of sp³-hybridized carbons (Fsp3) is 0.692. The van der Waals surface area contributed by atoms with E-state index in [1.165, 1.54) is 32.1 Å². The molecule has 0 fully saturated rings. The monoisotopic (exact) mass is 287 g/mol. The molecule has 1 atom stereocenters. The zero-order valence-electron chi connectivity index (χ0n) is 10.3. The van der Waals surface area contributed by atoms with Gasteiger partial charge in [-0.3, -0.25) is 0 Å². The molecule has 0 saturated heterocycles. The van der Waals surface area contributed by atoms with E-state index >= 15 is 0 Å². The SMILES string of the molecule is CCCCCCC(C)NCc1ccc(Br)o1. The zero-order chi connectivity index (χ0) is 11.8. The Hall–Kier alpha value is -0.280. The lowest BCUT2D eigenvalue weighted by Gasteiger charge is -2.12. The second kappa shape index (κ2) is 7.91. The highest BCUT2D eigenvalue weighted by atomic mass is 79.9. The summed E-state index contributed by atoms with van der Waals surface area (Å²) in [5.74, 6) is 0.993. The van der Waals surface area contributed by atoms with Crippen LogP contribution in [-0.4, -0.2) is 6.04 Å². The fourth-order valence-corrected chi connectivity index (χ4v) is 2.04. The van der Waals surface area contributed by atoms with E-state index in [1.807, 2.05) is 12.1 Å². The zero-order valence-corrected chi connectivity index (χ0v) is 11.8. The van der Waals surface area contributed by atoms with Crippen molar-refractivity contribution >= 4 is 15.9 Å². The molecule has 0 aliphatic carbocycles. The van der Waals surface area contributed by atoms with E-state index in [1.54, 1.807) is 0 Å². The van der Waals surface area contributed by atoms with Crippen molar-refractivity contribution in [2.75, 3.05) is 0 Å². The maximum Gasteiger partial charge on any atom is 0.169 e. The van der Waals surface area contributed by atoms with Crippen molar-refractivity contribution in [2.45, 2.75) is 58.5 Å². The minimum Gasteiger partial charge on any atom is -0.453 e. The van der Waals surface area contributed by atoms with Gasteiger partial charge in [0.2, 0.25) is 0 Å². The molecule has 1 rings (SSSR count). The molecule has 16 heavy (non-hydrogen) atoms. The summed E-state index contributed by atoms with van der Waals surface area (Å²) in [7, 11) is 0. The predicted molar refractivity (Wildman–Crippen MR) is 71.5 cm³/mol. The molecular weight excluding hydrogens is 266 g/mol. The van der Waals surface area contributed by atoms with E-state index in [0.29, 0.717) is 6.04 Å². The number of hydrogen-bond donors (Lipinski definition) is 1. The molecule has 1 unspecified atom stereocenters. The first-order valence-corrected chi connectivity index (χ1v) is 6.99. The summed E-state index contributed by atoms with van der Waals surface area (Å²) in [6.45, 7) is 5.31. The summed E-state index contributed by atoms with van der Waals surface area (Å²) < 4.78 is 6.24. The quantitative estimate of drug-likeness (QED) is 0.713. The van der Waals surface area contributed by atoms with Gasteiger partial charge < -0.3 is 9.73 Å². The van der Waals surface area contributed by atoms with Gasteiger partial charge in [0.1, 0.15) is 5.76 Å². The first-order valence-electron chi connectivity index (χ1n) is 6.20.